The van der Waals surface area contributed by atoms with Crippen LogP contribution in [0.4, 0.5) is 0 Å². The fourth-order valence-electron chi connectivity index (χ4n) is 1.94. The fraction of sp³-hybridized carbons (Fsp3) is 0.846. The zero-order chi connectivity index (χ0) is 13.4. The third kappa shape index (κ3) is 4.38. The van der Waals surface area contributed by atoms with Gasteiger partial charge in [0.15, 0.2) is 0 Å². The van der Waals surface area contributed by atoms with Crippen LogP contribution in [0.1, 0.15) is 39.4 Å². The van der Waals surface area contributed by atoms with E-state index in [1.807, 2.05) is 4.68 Å². The third-order valence-corrected chi connectivity index (χ3v) is 3.13. The van der Waals surface area contributed by atoms with Crippen LogP contribution in [0.2, 0.25) is 0 Å². The van der Waals surface area contributed by atoms with Gasteiger partial charge in [-0.25, -0.2) is 4.98 Å². The van der Waals surface area contributed by atoms with Crippen molar-refractivity contribution in [2.45, 2.75) is 58.7 Å². The first-order valence-corrected chi connectivity index (χ1v) is 6.85. The molecule has 5 heteroatoms. The van der Waals surface area contributed by atoms with Crippen molar-refractivity contribution in [1.82, 2.24) is 20.1 Å². The predicted molar refractivity (Wildman–Crippen MR) is 72.6 cm³/mol. The van der Waals surface area contributed by atoms with Crippen molar-refractivity contribution in [2.75, 3.05) is 13.7 Å². The summed E-state index contributed by atoms with van der Waals surface area (Å²) in [5, 5.41) is 7.78. The SMILES string of the molecule is CCCNC(Cc1ncnn1CCC)C(C)OC. The molecule has 0 saturated carbocycles. The van der Waals surface area contributed by atoms with Crippen molar-refractivity contribution in [2.24, 2.45) is 0 Å². The Hall–Kier alpha value is -0.940. The van der Waals surface area contributed by atoms with Gasteiger partial charge < -0.3 is 10.1 Å². The van der Waals surface area contributed by atoms with Gasteiger partial charge in [-0.2, -0.15) is 5.10 Å². The first kappa shape index (κ1) is 15.1. The Morgan fingerprint density at radius 2 is 2.17 bits per heavy atom. The monoisotopic (exact) mass is 254 g/mol. The van der Waals surface area contributed by atoms with E-state index in [1.165, 1.54) is 0 Å². The van der Waals surface area contributed by atoms with E-state index in [0.717, 1.165) is 38.2 Å². The maximum atomic E-state index is 5.44. The molecule has 18 heavy (non-hydrogen) atoms. The van der Waals surface area contributed by atoms with Crippen LogP contribution in [0.15, 0.2) is 6.33 Å². The molecule has 1 aromatic rings. The van der Waals surface area contributed by atoms with Crippen molar-refractivity contribution in [3.8, 4) is 0 Å². The summed E-state index contributed by atoms with van der Waals surface area (Å²) >= 11 is 0. The molecule has 2 unspecified atom stereocenters. The van der Waals surface area contributed by atoms with Gasteiger partial charge in [-0.15, -0.1) is 0 Å². The lowest BCUT2D eigenvalue weighted by Gasteiger charge is -2.23. The van der Waals surface area contributed by atoms with Crippen LogP contribution >= 0.6 is 0 Å². The number of nitrogens with zero attached hydrogens (tertiary/aromatic N) is 3. The van der Waals surface area contributed by atoms with E-state index in [1.54, 1.807) is 13.4 Å². The van der Waals surface area contributed by atoms with E-state index in [4.69, 9.17) is 4.74 Å². The molecule has 1 heterocycles. The van der Waals surface area contributed by atoms with E-state index >= 15 is 0 Å². The lowest BCUT2D eigenvalue weighted by molar-refractivity contribution is 0.0820. The van der Waals surface area contributed by atoms with Crippen molar-refractivity contribution >= 4 is 0 Å². The fourth-order valence-corrected chi connectivity index (χ4v) is 1.94. The second-order valence-electron chi connectivity index (χ2n) is 4.60. The van der Waals surface area contributed by atoms with Gasteiger partial charge in [0.2, 0.25) is 0 Å². The number of rotatable bonds is 9. The molecular formula is C13H26N4O. The number of nitrogens with one attached hydrogen (secondary N) is 1. The van der Waals surface area contributed by atoms with Crippen LogP contribution in [-0.2, 0) is 17.7 Å². The average molecular weight is 254 g/mol. The normalized spacial score (nSPS) is 14.7. The van der Waals surface area contributed by atoms with Crippen molar-refractivity contribution in [3.63, 3.8) is 0 Å². The summed E-state index contributed by atoms with van der Waals surface area (Å²) in [6.07, 6.45) is 4.86. The largest absolute Gasteiger partial charge is 0.380 e. The zero-order valence-electron chi connectivity index (χ0n) is 12.0. The number of aromatic nitrogens is 3. The summed E-state index contributed by atoms with van der Waals surface area (Å²) in [5.41, 5.74) is 0. The van der Waals surface area contributed by atoms with Gasteiger partial charge in [-0.05, 0) is 26.3 Å². The number of hydrogen-bond acceptors (Lipinski definition) is 4. The lowest BCUT2D eigenvalue weighted by Crippen LogP contribution is -2.42. The Morgan fingerprint density at radius 3 is 2.78 bits per heavy atom. The molecule has 0 spiro atoms. The molecule has 0 fully saturated rings. The molecule has 0 radical (unpaired) electrons. The topological polar surface area (TPSA) is 52.0 Å². The first-order chi connectivity index (χ1) is 8.72. The maximum absolute atomic E-state index is 5.44. The molecule has 0 bridgehead atoms. The number of ether oxygens (including phenoxy) is 1. The molecule has 0 aliphatic rings. The minimum atomic E-state index is 0.170. The smallest absolute Gasteiger partial charge is 0.138 e. The molecule has 1 aromatic heterocycles. The second kappa shape index (κ2) is 8.21. The predicted octanol–water partition coefficient (Wildman–Crippen LogP) is 1.63. The average Bonchev–Trinajstić information content (AvgIpc) is 2.81. The minimum absolute atomic E-state index is 0.170. The van der Waals surface area contributed by atoms with Crippen molar-refractivity contribution < 1.29 is 4.74 Å². The summed E-state index contributed by atoms with van der Waals surface area (Å²) in [6.45, 7) is 8.34. The number of hydrogen-bond donors (Lipinski definition) is 1. The highest BCUT2D eigenvalue weighted by molar-refractivity contribution is 4.92. The first-order valence-electron chi connectivity index (χ1n) is 6.85. The van der Waals surface area contributed by atoms with Gasteiger partial charge in [0.05, 0.1) is 6.10 Å². The molecule has 0 amide bonds. The highest BCUT2D eigenvalue weighted by Gasteiger charge is 2.19. The quantitative estimate of drug-likeness (QED) is 0.728. The van der Waals surface area contributed by atoms with Gasteiger partial charge >= 0.3 is 0 Å². The molecule has 0 saturated heterocycles. The molecule has 0 aliphatic heterocycles. The molecule has 1 N–H and O–H groups in total. The van der Waals surface area contributed by atoms with E-state index in [0.29, 0.717) is 0 Å². The second-order valence-corrected chi connectivity index (χ2v) is 4.60. The van der Waals surface area contributed by atoms with Gasteiger partial charge in [0.1, 0.15) is 12.2 Å². The highest BCUT2D eigenvalue weighted by atomic mass is 16.5. The van der Waals surface area contributed by atoms with Crippen LogP contribution in [-0.4, -0.2) is 40.6 Å². The molecule has 5 nitrogen and oxygen atoms in total. The summed E-state index contributed by atoms with van der Waals surface area (Å²) in [7, 11) is 1.75. The van der Waals surface area contributed by atoms with Crippen LogP contribution in [0.5, 0.6) is 0 Å². The molecule has 0 aliphatic carbocycles. The Kier molecular flexibility index (Phi) is 6.90. The maximum Gasteiger partial charge on any atom is 0.138 e. The van der Waals surface area contributed by atoms with Crippen LogP contribution in [0.25, 0.3) is 0 Å². The minimum Gasteiger partial charge on any atom is -0.380 e. The van der Waals surface area contributed by atoms with Crippen LogP contribution < -0.4 is 5.32 Å². The standard InChI is InChI=1S/C13H26N4O/c1-5-7-14-12(11(3)18-4)9-13-15-10-16-17(13)8-6-2/h10-12,14H,5-9H2,1-4H3. The zero-order valence-corrected chi connectivity index (χ0v) is 12.0. The van der Waals surface area contributed by atoms with Crippen LogP contribution in [0.3, 0.4) is 0 Å². The molecule has 104 valence electrons. The highest BCUT2D eigenvalue weighted by Crippen LogP contribution is 2.06. The number of methoxy groups -OCH3 is 1. The van der Waals surface area contributed by atoms with Crippen molar-refractivity contribution in [3.05, 3.63) is 12.2 Å². The number of aryl methyl sites for hydroxylation is 1. The van der Waals surface area contributed by atoms with Gasteiger partial charge in [-0.3, -0.25) is 4.68 Å². The van der Waals surface area contributed by atoms with E-state index < -0.39 is 0 Å². The molecule has 1 rings (SSSR count). The summed E-state index contributed by atoms with van der Waals surface area (Å²) in [4.78, 5) is 4.36. The summed E-state index contributed by atoms with van der Waals surface area (Å²) < 4.78 is 7.43. The Labute approximate surface area is 110 Å². The molecule has 2 atom stereocenters. The summed E-state index contributed by atoms with van der Waals surface area (Å²) in [5.74, 6) is 1.04. The lowest BCUT2D eigenvalue weighted by atomic mass is 10.1. The molecular weight excluding hydrogens is 228 g/mol. The Balaban J connectivity index is 2.65. The van der Waals surface area contributed by atoms with E-state index in [9.17, 15) is 0 Å². The third-order valence-electron chi connectivity index (χ3n) is 3.13. The Morgan fingerprint density at radius 1 is 1.39 bits per heavy atom. The van der Waals surface area contributed by atoms with E-state index in [2.05, 4.69) is 36.2 Å². The Bertz CT molecular complexity index is 327. The van der Waals surface area contributed by atoms with Crippen molar-refractivity contribution in [1.29, 1.82) is 0 Å². The van der Waals surface area contributed by atoms with Gasteiger partial charge in [0.25, 0.3) is 0 Å². The summed E-state index contributed by atoms with van der Waals surface area (Å²) in [6, 6.07) is 0.287. The van der Waals surface area contributed by atoms with Gasteiger partial charge in [-0.1, -0.05) is 13.8 Å². The van der Waals surface area contributed by atoms with Gasteiger partial charge in [0, 0.05) is 26.1 Å². The van der Waals surface area contributed by atoms with Crippen LogP contribution in [0, 0.1) is 0 Å². The van der Waals surface area contributed by atoms with E-state index in [-0.39, 0.29) is 12.1 Å². The molecule has 0 aromatic carbocycles.